The molecular weight excluding hydrogens is 222 g/mol. The Labute approximate surface area is 112 Å². The Morgan fingerprint density at radius 3 is 2.56 bits per heavy atom. The van der Waals surface area contributed by atoms with Crippen LogP contribution in [-0.4, -0.2) is 22.1 Å². The van der Waals surface area contributed by atoms with E-state index in [4.69, 9.17) is 0 Å². The second-order valence-corrected chi connectivity index (χ2v) is 5.66. The van der Waals surface area contributed by atoms with Crippen LogP contribution in [-0.2, 0) is 13.5 Å². The lowest BCUT2D eigenvalue weighted by molar-refractivity contribution is 0.284. The average Bonchev–Trinajstić information content (AvgIpc) is 2.74. The number of aryl methyl sites for hydroxylation is 2. The van der Waals surface area contributed by atoms with E-state index in [9.17, 15) is 0 Å². The Morgan fingerprint density at radius 1 is 1.33 bits per heavy atom. The topological polar surface area (TPSA) is 29.9 Å². The Bertz CT molecular complexity index is 330. The molecule has 104 valence electrons. The van der Waals surface area contributed by atoms with E-state index in [1.807, 2.05) is 12.4 Å². The first-order valence-electron chi connectivity index (χ1n) is 7.25. The molecule has 0 aliphatic carbocycles. The molecular formula is C15H29N3. The van der Waals surface area contributed by atoms with Gasteiger partial charge in [0.25, 0.3) is 0 Å². The fourth-order valence-corrected chi connectivity index (χ4v) is 2.27. The molecule has 1 N–H and O–H groups in total. The van der Waals surface area contributed by atoms with Crippen molar-refractivity contribution in [2.45, 2.75) is 53.0 Å². The van der Waals surface area contributed by atoms with E-state index in [2.05, 4.69) is 49.6 Å². The van der Waals surface area contributed by atoms with Gasteiger partial charge < -0.3 is 9.88 Å². The molecule has 0 saturated carbocycles. The molecule has 0 spiro atoms. The summed E-state index contributed by atoms with van der Waals surface area (Å²) in [5.74, 6) is 2.62. The number of nitrogens with one attached hydrogen (secondary N) is 1. The molecule has 1 aromatic rings. The van der Waals surface area contributed by atoms with Crippen molar-refractivity contribution in [1.82, 2.24) is 14.9 Å². The third kappa shape index (κ3) is 4.45. The van der Waals surface area contributed by atoms with Gasteiger partial charge in [-0.25, -0.2) is 4.98 Å². The van der Waals surface area contributed by atoms with Gasteiger partial charge in [0.05, 0.1) is 0 Å². The van der Waals surface area contributed by atoms with Crippen LogP contribution in [0.5, 0.6) is 0 Å². The average molecular weight is 251 g/mol. The van der Waals surface area contributed by atoms with E-state index in [1.165, 1.54) is 18.7 Å². The SMILES string of the molecule is CCCNC(CCc1nccn1C)C(C)C(C)C. The Hall–Kier alpha value is -0.830. The van der Waals surface area contributed by atoms with Crippen LogP contribution in [0.1, 0.15) is 46.4 Å². The van der Waals surface area contributed by atoms with Crippen LogP contribution in [0.2, 0.25) is 0 Å². The van der Waals surface area contributed by atoms with Gasteiger partial charge in [-0.05, 0) is 31.2 Å². The predicted octanol–water partition coefficient (Wildman–Crippen LogP) is 3.01. The first-order chi connectivity index (χ1) is 8.56. The lowest BCUT2D eigenvalue weighted by Crippen LogP contribution is -2.38. The van der Waals surface area contributed by atoms with Crippen LogP contribution in [0.15, 0.2) is 12.4 Å². The fourth-order valence-electron chi connectivity index (χ4n) is 2.27. The molecule has 3 heteroatoms. The van der Waals surface area contributed by atoms with Crippen molar-refractivity contribution in [3.8, 4) is 0 Å². The molecule has 1 heterocycles. The van der Waals surface area contributed by atoms with Crippen LogP contribution in [0.3, 0.4) is 0 Å². The summed E-state index contributed by atoms with van der Waals surface area (Å²) in [6.07, 6.45) is 7.33. The summed E-state index contributed by atoms with van der Waals surface area (Å²) in [6.45, 7) is 10.3. The molecule has 2 atom stereocenters. The Kier molecular flexibility index (Phi) is 6.41. The highest BCUT2D eigenvalue weighted by Gasteiger charge is 2.19. The van der Waals surface area contributed by atoms with Gasteiger partial charge in [0.15, 0.2) is 0 Å². The van der Waals surface area contributed by atoms with Crippen LogP contribution in [0.25, 0.3) is 0 Å². The second kappa shape index (κ2) is 7.57. The molecule has 18 heavy (non-hydrogen) atoms. The largest absolute Gasteiger partial charge is 0.338 e. The monoisotopic (exact) mass is 251 g/mol. The van der Waals surface area contributed by atoms with Crippen LogP contribution in [0, 0.1) is 11.8 Å². The van der Waals surface area contributed by atoms with Crippen LogP contribution in [0.4, 0.5) is 0 Å². The molecule has 0 aliphatic heterocycles. The number of rotatable bonds is 8. The molecule has 0 fully saturated rings. The number of hydrogen-bond acceptors (Lipinski definition) is 2. The fraction of sp³-hybridized carbons (Fsp3) is 0.800. The zero-order valence-electron chi connectivity index (χ0n) is 12.6. The summed E-state index contributed by atoms with van der Waals surface area (Å²) in [7, 11) is 2.07. The van der Waals surface area contributed by atoms with E-state index in [1.54, 1.807) is 0 Å². The van der Waals surface area contributed by atoms with Gasteiger partial charge >= 0.3 is 0 Å². The minimum absolute atomic E-state index is 0.599. The second-order valence-electron chi connectivity index (χ2n) is 5.66. The molecule has 1 rings (SSSR count). The van der Waals surface area contributed by atoms with Crippen molar-refractivity contribution in [3.63, 3.8) is 0 Å². The summed E-state index contributed by atoms with van der Waals surface area (Å²) in [4.78, 5) is 4.41. The highest BCUT2D eigenvalue weighted by atomic mass is 15.0. The Balaban J connectivity index is 2.52. The predicted molar refractivity (Wildman–Crippen MR) is 77.6 cm³/mol. The zero-order chi connectivity index (χ0) is 13.5. The Morgan fingerprint density at radius 2 is 2.06 bits per heavy atom. The van der Waals surface area contributed by atoms with Crippen molar-refractivity contribution in [2.24, 2.45) is 18.9 Å². The van der Waals surface area contributed by atoms with Gasteiger partial charge in [0.2, 0.25) is 0 Å². The van der Waals surface area contributed by atoms with Gasteiger partial charge in [0, 0.05) is 31.9 Å². The molecule has 2 unspecified atom stereocenters. The van der Waals surface area contributed by atoms with Crippen molar-refractivity contribution >= 4 is 0 Å². The third-order valence-corrected chi connectivity index (χ3v) is 3.94. The normalized spacial score (nSPS) is 15.0. The van der Waals surface area contributed by atoms with E-state index in [0.717, 1.165) is 18.9 Å². The summed E-state index contributed by atoms with van der Waals surface area (Å²) < 4.78 is 2.12. The van der Waals surface area contributed by atoms with Crippen molar-refractivity contribution < 1.29 is 0 Å². The lowest BCUT2D eigenvalue weighted by Gasteiger charge is -2.28. The molecule has 1 aromatic heterocycles. The maximum absolute atomic E-state index is 4.41. The number of imidazole rings is 1. The summed E-state index contributed by atoms with van der Waals surface area (Å²) >= 11 is 0. The summed E-state index contributed by atoms with van der Waals surface area (Å²) in [5.41, 5.74) is 0. The van der Waals surface area contributed by atoms with Crippen molar-refractivity contribution in [3.05, 3.63) is 18.2 Å². The molecule has 0 aromatic carbocycles. The molecule has 0 amide bonds. The van der Waals surface area contributed by atoms with Gasteiger partial charge in [-0.2, -0.15) is 0 Å². The highest BCUT2D eigenvalue weighted by molar-refractivity contribution is 4.92. The smallest absolute Gasteiger partial charge is 0.108 e. The standard InChI is InChI=1S/C15H29N3/c1-6-9-16-14(13(4)12(2)3)7-8-15-17-10-11-18(15)5/h10-14,16H,6-9H2,1-5H3. The number of hydrogen-bond donors (Lipinski definition) is 1. The van der Waals surface area contributed by atoms with Gasteiger partial charge in [-0.1, -0.05) is 27.7 Å². The first-order valence-corrected chi connectivity index (χ1v) is 7.25. The lowest BCUT2D eigenvalue weighted by atomic mass is 9.87. The zero-order valence-corrected chi connectivity index (χ0v) is 12.6. The van der Waals surface area contributed by atoms with E-state index < -0.39 is 0 Å². The van der Waals surface area contributed by atoms with Gasteiger partial charge in [-0.15, -0.1) is 0 Å². The minimum Gasteiger partial charge on any atom is -0.338 e. The molecule has 0 saturated heterocycles. The summed E-state index contributed by atoms with van der Waals surface area (Å²) in [5, 5.41) is 3.70. The van der Waals surface area contributed by atoms with E-state index in [-0.39, 0.29) is 0 Å². The van der Waals surface area contributed by atoms with E-state index in [0.29, 0.717) is 12.0 Å². The molecule has 0 aliphatic rings. The quantitative estimate of drug-likeness (QED) is 0.769. The third-order valence-electron chi connectivity index (χ3n) is 3.94. The van der Waals surface area contributed by atoms with Crippen LogP contribution < -0.4 is 5.32 Å². The van der Waals surface area contributed by atoms with E-state index >= 15 is 0 Å². The van der Waals surface area contributed by atoms with Crippen molar-refractivity contribution in [1.29, 1.82) is 0 Å². The highest BCUT2D eigenvalue weighted by Crippen LogP contribution is 2.18. The maximum atomic E-state index is 4.41. The van der Waals surface area contributed by atoms with Crippen molar-refractivity contribution in [2.75, 3.05) is 6.54 Å². The van der Waals surface area contributed by atoms with Crippen LogP contribution >= 0.6 is 0 Å². The van der Waals surface area contributed by atoms with Gasteiger partial charge in [0.1, 0.15) is 5.82 Å². The molecule has 3 nitrogen and oxygen atoms in total. The summed E-state index contributed by atoms with van der Waals surface area (Å²) in [6, 6.07) is 0.599. The molecule has 0 radical (unpaired) electrons. The molecule has 0 bridgehead atoms. The first kappa shape index (κ1) is 15.2. The number of nitrogens with zero attached hydrogens (tertiary/aromatic N) is 2. The number of aromatic nitrogens is 2. The van der Waals surface area contributed by atoms with Gasteiger partial charge in [-0.3, -0.25) is 0 Å². The minimum atomic E-state index is 0.599. The maximum Gasteiger partial charge on any atom is 0.108 e.